The SMILES string of the molecule is CCCCC/C=C\C/C=C\C/C=C\CCCCCCC(=O)OC[C@H](COP(=O)(O)OC1C(O)C(O)C(O)[C@@H](O)C1O)OC(=O)CCCCCCCCCCCCCCCCCCCCC. The number of aliphatic hydroxyl groups excluding tert-OH is 5. The fourth-order valence-electron chi connectivity index (χ4n) is 7.82. The fraction of sp³-hybridized carbons (Fsp3) is 0.843. The summed E-state index contributed by atoms with van der Waals surface area (Å²) in [6.07, 6.45) is 34.7. The Hall–Kier alpha value is -1.93. The van der Waals surface area contributed by atoms with Gasteiger partial charge < -0.3 is 39.9 Å². The van der Waals surface area contributed by atoms with E-state index in [1.165, 1.54) is 109 Å². The van der Waals surface area contributed by atoms with E-state index in [4.69, 9.17) is 18.5 Å². The Balaban J connectivity index is 2.41. The first-order chi connectivity index (χ1) is 31.4. The highest BCUT2D eigenvalue weighted by molar-refractivity contribution is 7.47. The van der Waals surface area contributed by atoms with Gasteiger partial charge >= 0.3 is 19.8 Å². The summed E-state index contributed by atoms with van der Waals surface area (Å²) in [5, 5.41) is 50.3. The summed E-state index contributed by atoms with van der Waals surface area (Å²) in [6.45, 7) is 3.28. The van der Waals surface area contributed by atoms with Crippen LogP contribution < -0.4 is 0 Å². The molecule has 380 valence electrons. The molecule has 65 heavy (non-hydrogen) atoms. The van der Waals surface area contributed by atoms with Crippen LogP contribution in [0.3, 0.4) is 0 Å². The smallest absolute Gasteiger partial charge is 0.462 e. The Kier molecular flexibility index (Phi) is 38.6. The van der Waals surface area contributed by atoms with Crippen molar-refractivity contribution in [3.63, 3.8) is 0 Å². The van der Waals surface area contributed by atoms with Gasteiger partial charge in [0.2, 0.25) is 0 Å². The summed E-state index contributed by atoms with van der Waals surface area (Å²) >= 11 is 0. The molecule has 0 amide bonds. The molecule has 0 aromatic carbocycles. The standard InChI is InChI=1S/C51H93O13P/c1-3-5-7-9-11-13-15-17-19-21-22-24-26-28-30-32-34-36-38-40-45(53)63-43(42-62-65(59,60)64-51-49(57)47(55)46(54)48(56)50(51)58)41-61-44(52)39-37-35-33-31-29-27-25-23-20-18-16-14-12-10-8-6-4-2/h12,14,18,20,25,27,43,46-51,54-58H,3-11,13,15-17,19,21-24,26,28-42H2,1-2H3,(H,59,60)/b14-12-,20-18-,27-25-/t43-,46?,47-,48?,49?,50?,51?/m1/s1. The average Bonchev–Trinajstić information content (AvgIpc) is 3.29. The number of aliphatic hydroxyl groups is 5. The second-order valence-corrected chi connectivity index (χ2v) is 19.4. The van der Waals surface area contributed by atoms with Crippen LogP contribution in [0.1, 0.15) is 219 Å². The van der Waals surface area contributed by atoms with Crippen molar-refractivity contribution in [1.29, 1.82) is 0 Å². The zero-order valence-corrected chi connectivity index (χ0v) is 41.4. The number of carbonyl (C=O) groups is 2. The highest BCUT2D eigenvalue weighted by Gasteiger charge is 2.51. The van der Waals surface area contributed by atoms with E-state index in [1.54, 1.807) is 0 Å². The lowest BCUT2D eigenvalue weighted by Gasteiger charge is -2.41. The lowest BCUT2D eigenvalue weighted by atomic mass is 9.85. The molecule has 8 atom stereocenters. The molecule has 0 aromatic rings. The van der Waals surface area contributed by atoms with Crippen LogP contribution in [0.25, 0.3) is 0 Å². The fourth-order valence-corrected chi connectivity index (χ4v) is 8.80. The number of carbonyl (C=O) groups excluding carboxylic acids is 2. The summed E-state index contributed by atoms with van der Waals surface area (Å²) in [5.41, 5.74) is 0. The topological polar surface area (TPSA) is 210 Å². The molecule has 0 aliphatic heterocycles. The quantitative estimate of drug-likeness (QED) is 0.0146. The lowest BCUT2D eigenvalue weighted by Crippen LogP contribution is -2.64. The molecule has 0 heterocycles. The highest BCUT2D eigenvalue weighted by Crippen LogP contribution is 2.47. The molecule has 0 spiro atoms. The van der Waals surface area contributed by atoms with Crippen molar-refractivity contribution in [2.24, 2.45) is 0 Å². The second-order valence-electron chi connectivity index (χ2n) is 18.0. The molecule has 0 aromatic heterocycles. The minimum absolute atomic E-state index is 0.0951. The van der Waals surface area contributed by atoms with Gasteiger partial charge in [-0.25, -0.2) is 4.57 Å². The van der Waals surface area contributed by atoms with Gasteiger partial charge in [0.1, 0.15) is 43.2 Å². The van der Waals surface area contributed by atoms with Crippen molar-refractivity contribution < 1.29 is 63.1 Å². The van der Waals surface area contributed by atoms with Gasteiger partial charge in [0.05, 0.1) is 6.61 Å². The number of ether oxygens (including phenoxy) is 2. The summed E-state index contributed by atoms with van der Waals surface area (Å²) in [4.78, 5) is 35.8. The van der Waals surface area contributed by atoms with E-state index in [-0.39, 0.29) is 12.8 Å². The third-order valence-electron chi connectivity index (χ3n) is 12.0. The molecule has 13 nitrogen and oxygen atoms in total. The number of hydrogen-bond donors (Lipinski definition) is 6. The first kappa shape index (κ1) is 61.1. The predicted octanol–water partition coefficient (Wildman–Crippen LogP) is 11.0. The van der Waals surface area contributed by atoms with E-state index in [1.807, 2.05) is 0 Å². The van der Waals surface area contributed by atoms with Crippen LogP contribution in [0.5, 0.6) is 0 Å². The molecule has 14 heteroatoms. The molecule has 1 aliphatic rings. The van der Waals surface area contributed by atoms with E-state index >= 15 is 0 Å². The second kappa shape index (κ2) is 41.1. The summed E-state index contributed by atoms with van der Waals surface area (Å²) in [7, 11) is -5.13. The molecule has 1 saturated carbocycles. The van der Waals surface area contributed by atoms with E-state index in [9.17, 15) is 44.6 Å². The van der Waals surface area contributed by atoms with E-state index in [0.29, 0.717) is 12.8 Å². The minimum Gasteiger partial charge on any atom is -0.462 e. The van der Waals surface area contributed by atoms with Crippen LogP contribution in [-0.4, -0.2) is 98.3 Å². The Morgan fingerprint density at radius 2 is 0.831 bits per heavy atom. The summed E-state index contributed by atoms with van der Waals surface area (Å²) < 4.78 is 33.6. The van der Waals surface area contributed by atoms with Crippen molar-refractivity contribution >= 4 is 19.8 Å². The molecule has 6 N–H and O–H groups in total. The van der Waals surface area contributed by atoms with Gasteiger partial charge in [-0.3, -0.25) is 18.6 Å². The van der Waals surface area contributed by atoms with E-state index < -0.39 is 75.7 Å². The average molecular weight is 945 g/mol. The molecule has 0 radical (unpaired) electrons. The van der Waals surface area contributed by atoms with Gasteiger partial charge in [-0.15, -0.1) is 0 Å². The minimum atomic E-state index is -5.13. The lowest BCUT2D eigenvalue weighted by molar-refractivity contribution is -0.220. The van der Waals surface area contributed by atoms with Crippen LogP contribution in [0.15, 0.2) is 36.5 Å². The maximum atomic E-state index is 12.8. The summed E-state index contributed by atoms with van der Waals surface area (Å²) in [6, 6.07) is 0. The largest absolute Gasteiger partial charge is 0.472 e. The van der Waals surface area contributed by atoms with Crippen molar-refractivity contribution in [2.75, 3.05) is 13.2 Å². The molecule has 1 rings (SSSR count). The Morgan fingerprint density at radius 1 is 0.477 bits per heavy atom. The monoisotopic (exact) mass is 945 g/mol. The molecule has 0 bridgehead atoms. The molecule has 1 aliphatic carbocycles. The number of esters is 2. The number of hydrogen-bond acceptors (Lipinski definition) is 12. The molecule has 6 unspecified atom stereocenters. The number of unbranched alkanes of at least 4 members (excludes halogenated alkanes) is 25. The van der Waals surface area contributed by atoms with Crippen LogP contribution in [0.4, 0.5) is 0 Å². The predicted molar refractivity (Wildman–Crippen MR) is 258 cm³/mol. The first-order valence-corrected chi connectivity index (χ1v) is 27.3. The Bertz CT molecular complexity index is 1280. The number of allylic oxidation sites excluding steroid dienone is 6. The third kappa shape index (κ3) is 33.3. The van der Waals surface area contributed by atoms with Gasteiger partial charge in [-0.1, -0.05) is 192 Å². The van der Waals surface area contributed by atoms with Crippen molar-refractivity contribution in [1.82, 2.24) is 0 Å². The zero-order valence-electron chi connectivity index (χ0n) is 40.5. The molecular formula is C51H93O13P. The van der Waals surface area contributed by atoms with Gasteiger partial charge in [0.25, 0.3) is 0 Å². The van der Waals surface area contributed by atoms with Gasteiger partial charge in [0.15, 0.2) is 6.10 Å². The van der Waals surface area contributed by atoms with Crippen LogP contribution in [-0.2, 0) is 32.7 Å². The maximum Gasteiger partial charge on any atom is 0.472 e. The van der Waals surface area contributed by atoms with Crippen molar-refractivity contribution in [3.05, 3.63) is 36.5 Å². The molecule has 1 fully saturated rings. The third-order valence-corrected chi connectivity index (χ3v) is 13.0. The van der Waals surface area contributed by atoms with Crippen LogP contribution >= 0.6 is 7.82 Å². The maximum absolute atomic E-state index is 12.8. The van der Waals surface area contributed by atoms with Crippen LogP contribution in [0, 0.1) is 0 Å². The normalized spacial score (nSPS) is 21.7. The molecular weight excluding hydrogens is 852 g/mol. The van der Waals surface area contributed by atoms with Gasteiger partial charge in [-0.2, -0.15) is 0 Å². The summed E-state index contributed by atoms with van der Waals surface area (Å²) in [5.74, 6) is -1.12. The van der Waals surface area contributed by atoms with Crippen LogP contribution in [0.2, 0.25) is 0 Å². The van der Waals surface area contributed by atoms with Crippen molar-refractivity contribution in [3.8, 4) is 0 Å². The highest BCUT2D eigenvalue weighted by atomic mass is 31.2. The number of phosphoric ester groups is 1. The number of phosphoric acid groups is 1. The van der Waals surface area contributed by atoms with Gasteiger partial charge in [-0.05, 0) is 51.4 Å². The first-order valence-electron chi connectivity index (χ1n) is 25.8. The van der Waals surface area contributed by atoms with E-state index in [2.05, 4.69) is 50.3 Å². The van der Waals surface area contributed by atoms with E-state index in [0.717, 1.165) is 70.6 Å². The van der Waals surface area contributed by atoms with Gasteiger partial charge in [0, 0.05) is 12.8 Å². The molecule has 0 saturated heterocycles. The zero-order chi connectivity index (χ0) is 47.8. The Labute approximate surface area is 393 Å². The Morgan fingerprint density at radius 3 is 1.29 bits per heavy atom. The number of rotatable bonds is 43. The van der Waals surface area contributed by atoms with Crippen molar-refractivity contribution in [2.45, 2.75) is 262 Å².